The fourth-order valence-electron chi connectivity index (χ4n) is 3.51. The number of benzene rings is 2. The molecule has 1 fully saturated rings. The lowest BCUT2D eigenvalue weighted by Crippen LogP contribution is -2.60. The molecule has 1 saturated heterocycles. The molecule has 32 heavy (non-hydrogen) atoms. The highest BCUT2D eigenvalue weighted by Gasteiger charge is 2.46. The summed E-state index contributed by atoms with van der Waals surface area (Å²) in [5.41, 5.74) is 1.93. The molecule has 11 heteroatoms. The number of aromatic hydroxyl groups is 2. The number of phenolic OH excluding ortho intramolecular Hbond substituents is 2. The fourth-order valence-corrected chi connectivity index (χ4v) is 4.02. The normalized spacial score (nSPS) is 26.4. The minimum Gasteiger partial charge on any atom is -0.508 e. The van der Waals surface area contributed by atoms with E-state index in [1.807, 2.05) is 0 Å². The first-order chi connectivity index (χ1) is 15.1. The quantitative estimate of drug-likeness (QED) is 0.248. The Kier molecular flexibility index (Phi) is 7.51. The van der Waals surface area contributed by atoms with Gasteiger partial charge in [-0.1, -0.05) is 30.4 Å². The van der Waals surface area contributed by atoms with E-state index in [-0.39, 0.29) is 17.9 Å². The summed E-state index contributed by atoms with van der Waals surface area (Å²) in [6, 6.07) is 11.1. The van der Waals surface area contributed by atoms with Crippen molar-refractivity contribution in [3.8, 4) is 11.5 Å². The minimum atomic E-state index is -4.99. The highest BCUT2D eigenvalue weighted by Crippen LogP contribution is 2.28. The van der Waals surface area contributed by atoms with Gasteiger partial charge in [-0.25, -0.2) is 4.18 Å². The van der Waals surface area contributed by atoms with E-state index in [2.05, 4.69) is 4.18 Å². The fraction of sp³-hybridized carbons (Fsp3) is 0.333. The summed E-state index contributed by atoms with van der Waals surface area (Å²) >= 11 is 0. The van der Waals surface area contributed by atoms with Crippen LogP contribution in [0.1, 0.15) is 16.7 Å². The van der Waals surface area contributed by atoms with Gasteiger partial charge < -0.3 is 30.3 Å². The van der Waals surface area contributed by atoms with Crippen LogP contribution < -0.4 is 0 Å². The van der Waals surface area contributed by atoms with Crippen molar-refractivity contribution in [2.75, 3.05) is 6.61 Å². The molecule has 1 aliphatic heterocycles. The number of hydrogen-bond donors (Lipinski definition) is 6. The number of hydrogen-bond acceptors (Lipinski definition) is 9. The zero-order valence-corrected chi connectivity index (χ0v) is 17.5. The molecule has 6 N–H and O–H groups in total. The number of rotatable bonds is 7. The molecule has 0 bridgehead atoms. The standard InChI is InChI=1S/C21H24O10S/c22-11-18-20(26)21(31-32(27,28)29)19(25)17(30-18)10-14-7-13(8-16(24)9-14)2-1-12-3-5-15(23)6-4-12/h1-9,17-26H,10-11H2,(H,27,28,29)/b2-1-/t17-,18+,19-,20+,21+/m0/s1. The third-order valence-corrected chi connectivity index (χ3v) is 5.46. The summed E-state index contributed by atoms with van der Waals surface area (Å²) in [6.45, 7) is -0.684. The molecule has 0 radical (unpaired) electrons. The van der Waals surface area contributed by atoms with Gasteiger partial charge in [0.15, 0.2) is 0 Å². The van der Waals surface area contributed by atoms with Crippen molar-refractivity contribution < 1.29 is 47.4 Å². The minimum absolute atomic E-state index is 0.0236. The van der Waals surface area contributed by atoms with Crippen LogP contribution in [0.15, 0.2) is 42.5 Å². The molecule has 10 nitrogen and oxygen atoms in total. The molecule has 0 spiro atoms. The molecular formula is C21H24O10S. The predicted octanol–water partition coefficient (Wildman–Crippen LogP) is 0.480. The van der Waals surface area contributed by atoms with Gasteiger partial charge in [-0.3, -0.25) is 4.55 Å². The SMILES string of the molecule is O=S(=O)(O)O[C@@H]1[C@@H](O)[C@H](Cc2cc(O)cc(/C=C\c3ccc(O)cc3)c2)O[C@H](CO)[C@H]1O. The van der Waals surface area contributed by atoms with Crippen LogP contribution in [-0.4, -0.2) is 75.6 Å². The van der Waals surface area contributed by atoms with Gasteiger partial charge in [0.2, 0.25) is 0 Å². The molecule has 0 aromatic heterocycles. The summed E-state index contributed by atoms with van der Waals surface area (Å²) in [4.78, 5) is 0. The average molecular weight is 468 g/mol. The number of aliphatic hydroxyl groups excluding tert-OH is 3. The Hall–Kier alpha value is -2.51. The van der Waals surface area contributed by atoms with Crippen molar-refractivity contribution in [1.82, 2.24) is 0 Å². The third-order valence-electron chi connectivity index (χ3n) is 5.00. The summed E-state index contributed by atoms with van der Waals surface area (Å²) in [5.74, 6) is 0.0676. The first-order valence-corrected chi connectivity index (χ1v) is 11.0. The Morgan fingerprint density at radius 3 is 2.16 bits per heavy atom. The van der Waals surface area contributed by atoms with Crippen molar-refractivity contribution in [1.29, 1.82) is 0 Å². The van der Waals surface area contributed by atoms with E-state index in [4.69, 9.17) is 9.29 Å². The lowest BCUT2D eigenvalue weighted by molar-refractivity contribution is -0.222. The Morgan fingerprint density at radius 2 is 1.53 bits per heavy atom. The van der Waals surface area contributed by atoms with Crippen LogP contribution in [0, 0.1) is 0 Å². The van der Waals surface area contributed by atoms with Crippen LogP contribution in [0.25, 0.3) is 12.2 Å². The molecule has 1 aliphatic rings. The van der Waals surface area contributed by atoms with Crippen LogP contribution in [0.5, 0.6) is 11.5 Å². The van der Waals surface area contributed by atoms with Crippen LogP contribution in [0.4, 0.5) is 0 Å². The predicted molar refractivity (Wildman–Crippen MR) is 113 cm³/mol. The van der Waals surface area contributed by atoms with E-state index in [0.29, 0.717) is 11.1 Å². The highest BCUT2D eigenvalue weighted by molar-refractivity contribution is 7.80. The second kappa shape index (κ2) is 9.96. The lowest BCUT2D eigenvalue weighted by atomic mass is 9.91. The van der Waals surface area contributed by atoms with Gasteiger partial charge in [0.25, 0.3) is 0 Å². The Balaban J connectivity index is 1.81. The molecule has 2 aromatic carbocycles. The second-order valence-corrected chi connectivity index (χ2v) is 8.48. The van der Waals surface area contributed by atoms with Gasteiger partial charge in [-0.15, -0.1) is 0 Å². The van der Waals surface area contributed by atoms with Gasteiger partial charge in [0.1, 0.15) is 35.9 Å². The first kappa shape index (κ1) is 24.1. The Morgan fingerprint density at radius 1 is 0.906 bits per heavy atom. The largest absolute Gasteiger partial charge is 0.508 e. The number of aliphatic hydroxyl groups is 3. The van der Waals surface area contributed by atoms with Crippen LogP contribution in [0.2, 0.25) is 0 Å². The zero-order chi connectivity index (χ0) is 23.5. The van der Waals surface area contributed by atoms with E-state index in [9.17, 15) is 34.0 Å². The topological polar surface area (TPSA) is 174 Å². The monoisotopic (exact) mass is 468 g/mol. The van der Waals surface area contributed by atoms with Gasteiger partial charge in [-0.05, 0) is 41.0 Å². The molecule has 174 valence electrons. The smallest absolute Gasteiger partial charge is 0.397 e. The van der Waals surface area contributed by atoms with Crippen LogP contribution in [0.3, 0.4) is 0 Å². The molecule has 0 saturated carbocycles. The van der Waals surface area contributed by atoms with E-state index >= 15 is 0 Å². The molecule has 2 aromatic rings. The third kappa shape index (κ3) is 6.26. The number of ether oxygens (including phenoxy) is 1. The maximum Gasteiger partial charge on any atom is 0.397 e. The van der Waals surface area contributed by atoms with Crippen LogP contribution in [-0.2, 0) is 25.7 Å². The van der Waals surface area contributed by atoms with Crippen LogP contribution >= 0.6 is 0 Å². The summed E-state index contributed by atoms with van der Waals surface area (Å²) in [7, 11) is -4.99. The second-order valence-electron chi connectivity index (χ2n) is 7.43. The Labute approximate surface area is 184 Å². The average Bonchev–Trinajstić information content (AvgIpc) is 2.72. The highest BCUT2D eigenvalue weighted by atomic mass is 32.3. The summed E-state index contributed by atoms with van der Waals surface area (Å²) in [5, 5.41) is 49.5. The number of phenols is 2. The summed E-state index contributed by atoms with van der Waals surface area (Å²) in [6.07, 6.45) is -4.04. The molecule has 3 rings (SSSR count). The summed E-state index contributed by atoms with van der Waals surface area (Å²) < 4.78 is 41.1. The molecule has 5 atom stereocenters. The maximum absolute atomic E-state index is 11.1. The molecule has 0 amide bonds. The van der Waals surface area contributed by atoms with Gasteiger partial charge in [-0.2, -0.15) is 8.42 Å². The van der Waals surface area contributed by atoms with E-state index in [0.717, 1.165) is 5.56 Å². The van der Waals surface area contributed by atoms with Crippen molar-refractivity contribution in [3.05, 3.63) is 59.2 Å². The molecule has 0 aliphatic carbocycles. The maximum atomic E-state index is 11.1. The molecule has 0 unspecified atom stereocenters. The Bertz CT molecular complexity index is 1050. The van der Waals surface area contributed by atoms with Crippen molar-refractivity contribution in [2.24, 2.45) is 0 Å². The molecule has 1 heterocycles. The van der Waals surface area contributed by atoms with Crippen molar-refractivity contribution >= 4 is 22.6 Å². The van der Waals surface area contributed by atoms with Crippen molar-refractivity contribution in [2.45, 2.75) is 36.9 Å². The van der Waals surface area contributed by atoms with E-state index < -0.39 is 47.5 Å². The van der Waals surface area contributed by atoms with Gasteiger partial charge in [0, 0.05) is 6.42 Å². The van der Waals surface area contributed by atoms with Crippen molar-refractivity contribution in [3.63, 3.8) is 0 Å². The van der Waals surface area contributed by atoms with E-state index in [1.165, 1.54) is 24.3 Å². The van der Waals surface area contributed by atoms with E-state index in [1.54, 1.807) is 30.4 Å². The first-order valence-electron chi connectivity index (χ1n) is 9.64. The van der Waals surface area contributed by atoms with Gasteiger partial charge in [0.05, 0.1) is 12.7 Å². The van der Waals surface area contributed by atoms with Gasteiger partial charge >= 0.3 is 10.4 Å². The molecular weight excluding hydrogens is 444 g/mol. The lowest BCUT2D eigenvalue weighted by Gasteiger charge is -2.41. The zero-order valence-electron chi connectivity index (χ0n) is 16.7.